The standard InChI is InChI=1S/C9H10Cl2N4O/c1-2-3-12-4-6(16)15-9-7(10)8(11)13-5-14-9/h2,5,12H,1,3-4H2,(H,13,14,15,16). The quantitative estimate of drug-likeness (QED) is 0.479. The molecule has 1 aromatic heterocycles. The van der Waals surface area contributed by atoms with Crippen LogP contribution in [0.4, 0.5) is 5.82 Å². The van der Waals surface area contributed by atoms with Crippen molar-refractivity contribution in [1.29, 1.82) is 0 Å². The summed E-state index contributed by atoms with van der Waals surface area (Å²) in [5, 5.41) is 5.58. The van der Waals surface area contributed by atoms with E-state index in [1.807, 2.05) is 0 Å². The molecule has 86 valence electrons. The summed E-state index contributed by atoms with van der Waals surface area (Å²) < 4.78 is 0. The molecule has 0 unspecified atom stereocenters. The first kappa shape index (κ1) is 12.9. The van der Waals surface area contributed by atoms with Crippen molar-refractivity contribution in [3.05, 3.63) is 29.2 Å². The number of rotatable bonds is 5. The number of nitrogens with zero attached hydrogens (tertiary/aromatic N) is 2. The molecule has 0 bridgehead atoms. The van der Waals surface area contributed by atoms with E-state index >= 15 is 0 Å². The van der Waals surface area contributed by atoms with E-state index in [1.54, 1.807) is 6.08 Å². The van der Waals surface area contributed by atoms with Gasteiger partial charge in [-0.25, -0.2) is 9.97 Å². The van der Waals surface area contributed by atoms with Crippen LogP contribution in [0.3, 0.4) is 0 Å². The average Bonchev–Trinajstić information content (AvgIpc) is 2.25. The fourth-order valence-corrected chi connectivity index (χ4v) is 1.18. The SMILES string of the molecule is C=CCNCC(=O)Nc1ncnc(Cl)c1Cl. The summed E-state index contributed by atoms with van der Waals surface area (Å²) in [6.45, 7) is 4.20. The predicted octanol–water partition coefficient (Wildman–Crippen LogP) is 1.50. The number of carbonyl (C=O) groups excluding carboxylic acids is 1. The second-order valence-corrected chi connectivity index (χ2v) is 3.53. The van der Waals surface area contributed by atoms with E-state index < -0.39 is 0 Å². The fraction of sp³-hybridized carbons (Fsp3) is 0.222. The van der Waals surface area contributed by atoms with Crippen molar-refractivity contribution >= 4 is 34.9 Å². The zero-order chi connectivity index (χ0) is 12.0. The topological polar surface area (TPSA) is 66.9 Å². The monoisotopic (exact) mass is 260 g/mol. The summed E-state index contributed by atoms with van der Waals surface area (Å²) in [4.78, 5) is 18.8. The lowest BCUT2D eigenvalue weighted by atomic mass is 10.5. The zero-order valence-electron chi connectivity index (χ0n) is 8.33. The second-order valence-electron chi connectivity index (χ2n) is 2.79. The maximum Gasteiger partial charge on any atom is 0.239 e. The Morgan fingerprint density at radius 3 is 2.94 bits per heavy atom. The summed E-state index contributed by atoms with van der Waals surface area (Å²) in [5.41, 5.74) is 0. The highest BCUT2D eigenvalue weighted by Crippen LogP contribution is 2.24. The average molecular weight is 261 g/mol. The van der Waals surface area contributed by atoms with Crippen LogP contribution in [0.5, 0.6) is 0 Å². The van der Waals surface area contributed by atoms with Gasteiger partial charge in [-0.1, -0.05) is 29.3 Å². The van der Waals surface area contributed by atoms with E-state index in [0.717, 1.165) is 0 Å². The second kappa shape index (κ2) is 6.42. The lowest BCUT2D eigenvalue weighted by Gasteiger charge is -2.06. The van der Waals surface area contributed by atoms with Crippen molar-refractivity contribution in [3.8, 4) is 0 Å². The number of amides is 1. The van der Waals surface area contributed by atoms with Crippen molar-refractivity contribution < 1.29 is 4.79 Å². The third-order valence-corrected chi connectivity index (χ3v) is 2.32. The summed E-state index contributed by atoms with van der Waals surface area (Å²) >= 11 is 11.5. The van der Waals surface area contributed by atoms with Crippen LogP contribution in [-0.2, 0) is 4.79 Å². The highest BCUT2D eigenvalue weighted by molar-refractivity contribution is 6.42. The Balaban J connectivity index is 2.56. The molecule has 1 rings (SSSR count). The van der Waals surface area contributed by atoms with Crippen LogP contribution >= 0.6 is 23.2 Å². The first-order chi connectivity index (χ1) is 7.65. The van der Waals surface area contributed by atoms with Gasteiger partial charge in [0.2, 0.25) is 5.91 Å². The van der Waals surface area contributed by atoms with E-state index in [1.165, 1.54) is 6.33 Å². The van der Waals surface area contributed by atoms with Crippen LogP contribution in [0.2, 0.25) is 10.2 Å². The zero-order valence-corrected chi connectivity index (χ0v) is 9.85. The Kier molecular flexibility index (Phi) is 5.18. The van der Waals surface area contributed by atoms with Gasteiger partial charge < -0.3 is 10.6 Å². The van der Waals surface area contributed by atoms with E-state index in [2.05, 4.69) is 27.2 Å². The van der Waals surface area contributed by atoms with Crippen molar-refractivity contribution in [2.24, 2.45) is 0 Å². The van der Waals surface area contributed by atoms with Crippen LogP contribution in [0.25, 0.3) is 0 Å². The molecule has 0 aliphatic heterocycles. The minimum atomic E-state index is -0.265. The Labute approximate surface area is 103 Å². The molecule has 0 aromatic carbocycles. The first-order valence-electron chi connectivity index (χ1n) is 4.42. The molecule has 0 fully saturated rings. The van der Waals surface area contributed by atoms with Crippen LogP contribution in [0.15, 0.2) is 19.0 Å². The van der Waals surface area contributed by atoms with E-state index in [0.29, 0.717) is 6.54 Å². The highest BCUT2D eigenvalue weighted by atomic mass is 35.5. The largest absolute Gasteiger partial charge is 0.308 e. The summed E-state index contributed by atoms with van der Waals surface area (Å²) in [5.74, 6) is -0.0643. The van der Waals surface area contributed by atoms with Gasteiger partial charge in [0.05, 0.1) is 6.54 Å². The van der Waals surface area contributed by atoms with Gasteiger partial charge in [0.15, 0.2) is 11.0 Å². The van der Waals surface area contributed by atoms with Gasteiger partial charge in [-0.3, -0.25) is 4.79 Å². The predicted molar refractivity (Wildman–Crippen MR) is 63.7 cm³/mol. The third kappa shape index (κ3) is 3.77. The molecule has 1 aromatic rings. The molecule has 16 heavy (non-hydrogen) atoms. The van der Waals surface area contributed by atoms with Crippen LogP contribution in [0, 0.1) is 0 Å². The van der Waals surface area contributed by atoms with E-state index in [9.17, 15) is 4.79 Å². The van der Waals surface area contributed by atoms with Crippen molar-refractivity contribution in [3.63, 3.8) is 0 Å². The number of aromatic nitrogens is 2. The first-order valence-corrected chi connectivity index (χ1v) is 5.18. The fourth-order valence-electron chi connectivity index (χ4n) is 0.900. The highest BCUT2D eigenvalue weighted by Gasteiger charge is 2.09. The molecule has 1 heterocycles. The lowest BCUT2D eigenvalue weighted by Crippen LogP contribution is -2.28. The van der Waals surface area contributed by atoms with E-state index in [-0.39, 0.29) is 28.4 Å². The van der Waals surface area contributed by atoms with Gasteiger partial charge in [-0.15, -0.1) is 6.58 Å². The molecule has 0 radical (unpaired) electrons. The molecule has 0 spiro atoms. The molecular weight excluding hydrogens is 251 g/mol. The summed E-state index contributed by atoms with van der Waals surface area (Å²) in [7, 11) is 0. The number of hydrogen-bond donors (Lipinski definition) is 2. The smallest absolute Gasteiger partial charge is 0.239 e. The van der Waals surface area contributed by atoms with Crippen LogP contribution < -0.4 is 10.6 Å². The number of hydrogen-bond acceptors (Lipinski definition) is 4. The summed E-state index contributed by atoms with van der Waals surface area (Å²) in [6.07, 6.45) is 2.88. The maximum absolute atomic E-state index is 11.4. The Morgan fingerprint density at radius 2 is 2.25 bits per heavy atom. The van der Waals surface area contributed by atoms with Crippen molar-refractivity contribution in [2.45, 2.75) is 0 Å². The van der Waals surface area contributed by atoms with Gasteiger partial charge in [0.25, 0.3) is 0 Å². The minimum Gasteiger partial charge on any atom is -0.308 e. The molecule has 0 saturated heterocycles. The Morgan fingerprint density at radius 1 is 1.50 bits per heavy atom. The Bertz CT molecular complexity index is 397. The van der Waals surface area contributed by atoms with Crippen LogP contribution in [-0.4, -0.2) is 29.0 Å². The van der Waals surface area contributed by atoms with Crippen LogP contribution in [0.1, 0.15) is 0 Å². The molecule has 1 amide bonds. The lowest BCUT2D eigenvalue weighted by molar-refractivity contribution is -0.115. The van der Waals surface area contributed by atoms with Gasteiger partial charge in [0, 0.05) is 6.54 Å². The molecular formula is C9H10Cl2N4O. The van der Waals surface area contributed by atoms with Crippen molar-refractivity contribution in [1.82, 2.24) is 15.3 Å². The summed E-state index contributed by atoms with van der Waals surface area (Å²) in [6, 6.07) is 0. The van der Waals surface area contributed by atoms with E-state index in [4.69, 9.17) is 23.2 Å². The number of carbonyl (C=O) groups is 1. The van der Waals surface area contributed by atoms with Gasteiger partial charge in [0.1, 0.15) is 11.3 Å². The molecule has 2 N–H and O–H groups in total. The third-order valence-electron chi connectivity index (χ3n) is 1.58. The molecule has 0 aliphatic rings. The number of anilines is 1. The maximum atomic E-state index is 11.4. The van der Waals surface area contributed by atoms with Gasteiger partial charge in [-0.2, -0.15) is 0 Å². The number of nitrogens with one attached hydrogen (secondary N) is 2. The molecule has 0 atom stereocenters. The minimum absolute atomic E-state index is 0.103. The van der Waals surface area contributed by atoms with Gasteiger partial charge >= 0.3 is 0 Å². The normalized spacial score (nSPS) is 9.88. The number of halogens is 2. The van der Waals surface area contributed by atoms with Crippen molar-refractivity contribution in [2.75, 3.05) is 18.4 Å². The Hall–Kier alpha value is -1.17. The molecule has 5 nitrogen and oxygen atoms in total. The molecule has 7 heteroatoms. The van der Waals surface area contributed by atoms with Gasteiger partial charge in [-0.05, 0) is 0 Å². The molecule has 0 saturated carbocycles. The molecule has 0 aliphatic carbocycles.